The summed E-state index contributed by atoms with van der Waals surface area (Å²) in [6.45, 7) is 0. The van der Waals surface area contributed by atoms with Gasteiger partial charge < -0.3 is 0 Å². The third kappa shape index (κ3) is 2.21. The van der Waals surface area contributed by atoms with Gasteiger partial charge in [0.2, 0.25) is 0 Å². The average Bonchev–Trinajstić information content (AvgIpc) is 2.15. The number of Topliss-reactive ketones (excluding diaryl/α,β-unsaturated/α-hetero) is 1. The van der Waals surface area contributed by atoms with Crippen molar-refractivity contribution in [2.24, 2.45) is 0 Å². The van der Waals surface area contributed by atoms with Gasteiger partial charge in [-0.2, -0.15) is 0 Å². The van der Waals surface area contributed by atoms with E-state index in [0.29, 0.717) is 5.56 Å². The molecule has 0 fully saturated rings. The SMILES string of the molecule is O=C(CC#CF)c1ccccc1. The second kappa shape index (κ2) is 4.30. The van der Waals surface area contributed by atoms with E-state index in [4.69, 9.17) is 0 Å². The molecule has 0 heterocycles. The molecule has 0 saturated heterocycles. The van der Waals surface area contributed by atoms with Gasteiger partial charge in [0.25, 0.3) is 0 Å². The first-order chi connectivity index (χ1) is 5.84. The van der Waals surface area contributed by atoms with Gasteiger partial charge in [-0.25, -0.2) is 0 Å². The Balaban J connectivity index is 2.70. The predicted octanol–water partition coefficient (Wildman–Crippen LogP) is 2.19. The summed E-state index contributed by atoms with van der Waals surface area (Å²) < 4.78 is 11.4. The van der Waals surface area contributed by atoms with Gasteiger partial charge in [0, 0.05) is 5.56 Å². The van der Waals surface area contributed by atoms with E-state index in [1.54, 1.807) is 24.3 Å². The zero-order valence-corrected chi connectivity index (χ0v) is 6.38. The minimum atomic E-state index is -0.152. The molecule has 0 aliphatic rings. The van der Waals surface area contributed by atoms with Gasteiger partial charge in [-0.1, -0.05) is 36.3 Å². The van der Waals surface area contributed by atoms with E-state index in [2.05, 4.69) is 5.92 Å². The maximum absolute atomic E-state index is 11.4. The second-order valence-electron chi connectivity index (χ2n) is 2.24. The van der Waals surface area contributed by atoms with Gasteiger partial charge >= 0.3 is 0 Å². The molecule has 1 nitrogen and oxygen atoms in total. The number of carbonyl (C=O) groups is 1. The first-order valence-corrected chi connectivity index (χ1v) is 3.51. The Morgan fingerprint density at radius 1 is 1.33 bits per heavy atom. The fourth-order valence-corrected chi connectivity index (χ4v) is 0.840. The molecule has 60 valence electrons. The van der Waals surface area contributed by atoms with Crippen molar-refractivity contribution >= 4 is 5.78 Å². The van der Waals surface area contributed by atoms with Crippen molar-refractivity contribution < 1.29 is 9.18 Å². The van der Waals surface area contributed by atoms with E-state index in [0.717, 1.165) is 0 Å². The molecule has 0 radical (unpaired) electrons. The number of rotatable bonds is 2. The van der Waals surface area contributed by atoms with Crippen molar-refractivity contribution in [2.75, 3.05) is 0 Å². The van der Waals surface area contributed by atoms with Gasteiger partial charge in [-0.3, -0.25) is 4.79 Å². The third-order valence-corrected chi connectivity index (χ3v) is 1.41. The smallest absolute Gasteiger partial charge is 0.174 e. The number of hydrogen-bond acceptors (Lipinski definition) is 1. The van der Waals surface area contributed by atoms with Crippen LogP contribution in [0.4, 0.5) is 4.39 Å². The summed E-state index contributed by atoms with van der Waals surface area (Å²) >= 11 is 0. The summed E-state index contributed by atoms with van der Waals surface area (Å²) in [5, 5.41) is 0. The molecular weight excluding hydrogens is 155 g/mol. The fraction of sp³-hybridized carbons (Fsp3) is 0.100. The molecule has 0 atom stereocenters. The van der Waals surface area contributed by atoms with Crippen LogP contribution in [0.5, 0.6) is 0 Å². The molecule has 2 heteroatoms. The molecule has 12 heavy (non-hydrogen) atoms. The minimum Gasteiger partial charge on any atom is -0.293 e. The molecule has 0 aromatic heterocycles. The van der Waals surface area contributed by atoms with E-state index in [-0.39, 0.29) is 12.2 Å². The summed E-state index contributed by atoms with van der Waals surface area (Å²) in [4.78, 5) is 11.1. The molecule has 0 aliphatic heterocycles. The zero-order chi connectivity index (χ0) is 8.81. The van der Waals surface area contributed by atoms with Crippen LogP contribution < -0.4 is 0 Å². The molecule has 0 bridgehead atoms. The molecule has 0 aliphatic carbocycles. The topological polar surface area (TPSA) is 17.1 Å². The predicted molar refractivity (Wildman–Crippen MR) is 44.3 cm³/mol. The average molecular weight is 162 g/mol. The van der Waals surface area contributed by atoms with Crippen LogP contribution in [-0.4, -0.2) is 5.78 Å². The van der Waals surface area contributed by atoms with Crippen LogP contribution in [-0.2, 0) is 0 Å². The Morgan fingerprint density at radius 3 is 2.58 bits per heavy atom. The van der Waals surface area contributed by atoms with Gasteiger partial charge in [-0.05, 0) is 0 Å². The van der Waals surface area contributed by atoms with Crippen LogP contribution in [0, 0.1) is 12.1 Å². The Hall–Kier alpha value is -1.62. The molecule has 0 spiro atoms. The van der Waals surface area contributed by atoms with E-state index in [1.807, 2.05) is 6.07 Å². The van der Waals surface area contributed by atoms with E-state index in [9.17, 15) is 9.18 Å². The standard InChI is InChI=1S/C10H7FO/c11-8-4-7-10(12)9-5-2-1-3-6-9/h1-3,5-6H,7H2. The molecule has 1 rings (SSSR count). The maximum Gasteiger partial charge on any atom is 0.174 e. The molecule has 0 saturated carbocycles. The van der Waals surface area contributed by atoms with E-state index < -0.39 is 0 Å². The van der Waals surface area contributed by atoms with Crippen LogP contribution >= 0.6 is 0 Å². The maximum atomic E-state index is 11.4. The monoisotopic (exact) mass is 162 g/mol. The van der Waals surface area contributed by atoms with Crippen molar-refractivity contribution in [2.45, 2.75) is 6.42 Å². The Labute approximate surface area is 70.2 Å². The third-order valence-electron chi connectivity index (χ3n) is 1.41. The highest BCUT2D eigenvalue weighted by Crippen LogP contribution is 2.01. The number of ketones is 1. The fourth-order valence-electron chi connectivity index (χ4n) is 0.840. The Kier molecular flexibility index (Phi) is 3.04. The molecular formula is C10H7FO. The van der Waals surface area contributed by atoms with Crippen molar-refractivity contribution in [3.8, 4) is 12.1 Å². The minimum absolute atomic E-state index is 0.0550. The lowest BCUT2D eigenvalue weighted by Crippen LogP contribution is -1.95. The van der Waals surface area contributed by atoms with Crippen molar-refractivity contribution in [3.05, 3.63) is 35.9 Å². The van der Waals surface area contributed by atoms with Crippen LogP contribution in [0.1, 0.15) is 16.8 Å². The molecule has 1 aromatic carbocycles. The van der Waals surface area contributed by atoms with Gasteiger partial charge in [0.1, 0.15) is 6.17 Å². The van der Waals surface area contributed by atoms with Gasteiger partial charge in [0.15, 0.2) is 5.78 Å². The number of benzene rings is 1. The highest BCUT2D eigenvalue weighted by Gasteiger charge is 2.00. The zero-order valence-electron chi connectivity index (χ0n) is 6.38. The summed E-state index contributed by atoms with van der Waals surface area (Å²) in [5.74, 6) is 1.93. The van der Waals surface area contributed by atoms with E-state index >= 15 is 0 Å². The van der Waals surface area contributed by atoms with Crippen LogP contribution in [0.15, 0.2) is 30.3 Å². The Morgan fingerprint density at radius 2 is 2.00 bits per heavy atom. The van der Waals surface area contributed by atoms with Crippen LogP contribution in [0.3, 0.4) is 0 Å². The van der Waals surface area contributed by atoms with Gasteiger partial charge in [-0.15, -0.1) is 4.39 Å². The van der Waals surface area contributed by atoms with Crippen molar-refractivity contribution in [1.29, 1.82) is 0 Å². The first kappa shape index (κ1) is 8.48. The lowest BCUT2D eigenvalue weighted by Gasteiger charge is -1.93. The lowest BCUT2D eigenvalue weighted by molar-refractivity contribution is 0.0998. The summed E-state index contributed by atoms with van der Waals surface area (Å²) in [6, 6.07) is 8.70. The summed E-state index contributed by atoms with van der Waals surface area (Å²) in [5.41, 5.74) is 0.570. The molecule has 0 N–H and O–H groups in total. The quantitative estimate of drug-likeness (QED) is 0.481. The van der Waals surface area contributed by atoms with Gasteiger partial charge in [0.05, 0.1) is 6.42 Å². The lowest BCUT2D eigenvalue weighted by atomic mass is 10.1. The van der Waals surface area contributed by atoms with Crippen molar-refractivity contribution in [3.63, 3.8) is 0 Å². The highest BCUT2D eigenvalue weighted by atomic mass is 19.1. The van der Waals surface area contributed by atoms with Crippen LogP contribution in [0.25, 0.3) is 0 Å². The highest BCUT2D eigenvalue weighted by molar-refractivity contribution is 5.97. The molecule has 0 amide bonds. The molecule has 0 unspecified atom stereocenters. The van der Waals surface area contributed by atoms with E-state index in [1.165, 1.54) is 6.17 Å². The van der Waals surface area contributed by atoms with Crippen LogP contribution in [0.2, 0.25) is 0 Å². The molecule has 1 aromatic rings. The second-order valence-corrected chi connectivity index (χ2v) is 2.24. The summed E-state index contributed by atoms with van der Waals surface area (Å²) in [6.07, 6.45) is 1.14. The Bertz CT molecular complexity index is 319. The number of carbonyl (C=O) groups excluding carboxylic acids is 1. The number of hydrogen-bond donors (Lipinski definition) is 0. The largest absolute Gasteiger partial charge is 0.293 e. The first-order valence-electron chi connectivity index (χ1n) is 3.51. The van der Waals surface area contributed by atoms with Crippen molar-refractivity contribution in [1.82, 2.24) is 0 Å². The summed E-state index contributed by atoms with van der Waals surface area (Å²) in [7, 11) is 0. The normalized spacial score (nSPS) is 8.42. The number of halogens is 1.